The Hall–Kier alpha value is -2.83. The van der Waals surface area contributed by atoms with Gasteiger partial charge in [-0.05, 0) is 49.3 Å². The minimum absolute atomic E-state index is 0.0253. The second-order valence-corrected chi connectivity index (χ2v) is 8.46. The highest BCUT2D eigenvalue weighted by atomic mass is 16.5. The Morgan fingerprint density at radius 3 is 2.35 bits per heavy atom. The minimum atomic E-state index is -0.0253. The molecule has 0 spiro atoms. The fourth-order valence-corrected chi connectivity index (χ4v) is 5.35. The van der Waals surface area contributed by atoms with Gasteiger partial charge in [0.1, 0.15) is 5.75 Å². The molecule has 2 saturated carbocycles. The van der Waals surface area contributed by atoms with Gasteiger partial charge in [-0.25, -0.2) is 4.98 Å². The zero-order chi connectivity index (χ0) is 22.0. The van der Waals surface area contributed by atoms with Crippen molar-refractivity contribution < 1.29 is 19.0 Å². The van der Waals surface area contributed by atoms with E-state index in [1.807, 2.05) is 19.1 Å². The first-order valence-electron chi connectivity index (χ1n) is 10.9. The third-order valence-electron chi connectivity index (χ3n) is 6.88. The fourth-order valence-electron chi connectivity index (χ4n) is 5.35. The predicted octanol–water partition coefficient (Wildman–Crippen LogP) is 3.44. The van der Waals surface area contributed by atoms with Gasteiger partial charge in [0.25, 0.3) is 0 Å². The molecule has 2 aliphatic carbocycles. The number of carbonyl (C=O) groups excluding carboxylic acids is 1. The van der Waals surface area contributed by atoms with Crippen LogP contribution in [0.15, 0.2) is 24.3 Å². The van der Waals surface area contributed by atoms with Gasteiger partial charge in [-0.15, -0.1) is 0 Å². The number of aryl methyl sites for hydroxylation is 1. The van der Waals surface area contributed by atoms with Gasteiger partial charge in [-0.2, -0.15) is 4.98 Å². The molecule has 4 rings (SSSR count). The third-order valence-corrected chi connectivity index (χ3v) is 6.88. The highest BCUT2D eigenvalue weighted by molar-refractivity contribution is 5.80. The molecule has 0 radical (unpaired) electrons. The summed E-state index contributed by atoms with van der Waals surface area (Å²) in [6.07, 6.45) is 5.10. The molecule has 0 aliphatic heterocycles. The number of hydrogen-bond donors (Lipinski definition) is 1. The van der Waals surface area contributed by atoms with Crippen LogP contribution in [0.5, 0.6) is 17.6 Å². The van der Waals surface area contributed by atoms with Crippen molar-refractivity contribution >= 4 is 5.91 Å². The number of ether oxygens (including phenoxy) is 3. The van der Waals surface area contributed by atoms with Crippen LogP contribution in [0.3, 0.4) is 0 Å². The lowest BCUT2D eigenvalue weighted by Gasteiger charge is -2.55. The average Bonchev–Trinajstić information content (AvgIpc) is 2.79. The van der Waals surface area contributed by atoms with Crippen molar-refractivity contribution in [2.24, 2.45) is 11.8 Å². The van der Waals surface area contributed by atoms with E-state index in [2.05, 4.69) is 27.4 Å². The minimum Gasteiger partial charge on any atom is -0.497 e. The van der Waals surface area contributed by atoms with Crippen LogP contribution >= 0.6 is 0 Å². The van der Waals surface area contributed by atoms with E-state index in [0.29, 0.717) is 34.9 Å². The smallest absolute Gasteiger partial charge is 0.319 e. The second-order valence-electron chi connectivity index (χ2n) is 8.46. The van der Waals surface area contributed by atoms with Crippen LogP contribution in [0, 0.1) is 18.8 Å². The molecule has 2 aromatic rings. The van der Waals surface area contributed by atoms with E-state index in [9.17, 15) is 4.79 Å². The molecular formula is C24H31N3O4. The summed E-state index contributed by atoms with van der Waals surface area (Å²) in [4.78, 5) is 21.6. The molecule has 1 N–H and O–H groups in total. The lowest BCUT2D eigenvalue weighted by Crippen LogP contribution is -2.59. The van der Waals surface area contributed by atoms with Crippen LogP contribution in [0.25, 0.3) is 0 Å². The molecule has 2 unspecified atom stereocenters. The normalized spacial score (nSPS) is 24.5. The Morgan fingerprint density at radius 2 is 1.71 bits per heavy atom. The molecular weight excluding hydrogens is 394 g/mol. The highest BCUT2D eigenvalue weighted by Gasteiger charge is 2.51. The first-order chi connectivity index (χ1) is 15.0. The standard InChI is InChI=1S/C24H31N3O4/c1-14-19(23(30-3)27-24(25-14)31-4)13-20(28)26-22-18-8-6-5-7-17(18)21(22)15-9-11-16(29-2)12-10-15/h9-12,17-18,21-22H,5-8,13H2,1-4H3,(H,26,28)/t17?,18?,21-,22-/m0/s1. The van der Waals surface area contributed by atoms with Gasteiger partial charge >= 0.3 is 6.01 Å². The van der Waals surface area contributed by atoms with Crippen molar-refractivity contribution in [3.8, 4) is 17.6 Å². The van der Waals surface area contributed by atoms with Crippen LogP contribution in [0.4, 0.5) is 0 Å². The number of carbonyl (C=O) groups is 1. The molecule has 4 atom stereocenters. The van der Waals surface area contributed by atoms with Crippen LogP contribution in [0.2, 0.25) is 0 Å². The van der Waals surface area contributed by atoms with Crippen molar-refractivity contribution in [2.75, 3.05) is 21.3 Å². The summed E-state index contributed by atoms with van der Waals surface area (Å²) in [6.45, 7) is 1.84. The molecule has 31 heavy (non-hydrogen) atoms. The van der Waals surface area contributed by atoms with Crippen LogP contribution in [0.1, 0.15) is 48.4 Å². The van der Waals surface area contributed by atoms with Crippen LogP contribution < -0.4 is 19.5 Å². The van der Waals surface area contributed by atoms with Gasteiger partial charge in [0.2, 0.25) is 11.8 Å². The number of nitrogens with one attached hydrogen (secondary N) is 1. The zero-order valence-electron chi connectivity index (χ0n) is 18.7. The molecule has 1 amide bonds. The van der Waals surface area contributed by atoms with Crippen LogP contribution in [-0.2, 0) is 11.2 Å². The van der Waals surface area contributed by atoms with Crippen molar-refractivity contribution in [1.29, 1.82) is 0 Å². The van der Waals surface area contributed by atoms with Crippen molar-refractivity contribution in [2.45, 2.75) is 51.0 Å². The summed E-state index contributed by atoms with van der Waals surface area (Å²) in [6, 6.07) is 8.68. The van der Waals surface area contributed by atoms with E-state index in [1.54, 1.807) is 14.2 Å². The van der Waals surface area contributed by atoms with E-state index in [1.165, 1.54) is 38.4 Å². The van der Waals surface area contributed by atoms with Crippen molar-refractivity contribution in [3.63, 3.8) is 0 Å². The predicted molar refractivity (Wildman–Crippen MR) is 117 cm³/mol. The number of amides is 1. The number of nitrogens with zero attached hydrogens (tertiary/aromatic N) is 2. The molecule has 2 fully saturated rings. The molecule has 166 valence electrons. The Labute approximate surface area is 183 Å². The van der Waals surface area contributed by atoms with Gasteiger partial charge in [-0.3, -0.25) is 4.79 Å². The quantitative estimate of drug-likeness (QED) is 0.732. The average molecular weight is 426 g/mol. The molecule has 7 nitrogen and oxygen atoms in total. The summed E-state index contributed by atoms with van der Waals surface area (Å²) in [7, 11) is 4.73. The van der Waals surface area contributed by atoms with E-state index in [0.717, 1.165) is 5.75 Å². The van der Waals surface area contributed by atoms with E-state index < -0.39 is 0 Å². The first-order valence-corrected chi connectivity index (χ1v) is 10.9. The number of methoxy groups -OCH3 is 3. The summed E-state index contributed by atoms with van der Waals surface area (Å²) in [5, 5.41) is 3.34. The Balaban J connectivity index is 1.52. The third kappa shape index (κ3) is 4.18. The zero-order valence-corrected chi connectivity index (χ0v) is 18.7. The maximum atomic E-state index is 13.1. The molecule has 2 aliphatic rings. The van der Waals surface area contributed by atoms with Gasteiger partial charge in [-0.1, -0.05) is 25.0 Å². The maximum Gasteiger partial charge on any atom is 0.319 e. The number of aromatic nitrogens is 2. The highest BCUT2D eigenvalue weighted by Crippen LogP contribution is 2.54. The summed E-state index contributed by atoms with van der Waals surface area (Å²) in [5.41, 5.74) is 2.66. The summed E-state index contributed by atoms with van der Waals surface area (Å²) in [5.74, 6) is 2.73. The summed E-state index contributed by atoms with van der Waals surface area (Å²) < 4.78 is 15.8. The molecule has 1 aromatic carbocycles. The molecule has 1 aromatic heterocycles. The summed E-state index contributed by atoms with van der Waals surface area (Å²) >= 11 is 0. The van der Waals surface area contributed by atoms with Gasteiger partial charge < -0.3 is 19.5 Å². The number of rotatable bonds is 7. The Morgan fingerprint density at radius 1 is 1.00 bits per heavy atom. The van der Waals surface area contributed by atoms with E-state index in [4.69, 9.17) is 14.2 Å². The second kappa shape index (κ2) is 9.12. The number of fused-ring (bicyclic) bond motifs is 1. The Bertz CT molecular complexity index is 931. The number of hydrogen-bond acceptors (Lipinski definition) is 6. The maximum absolute atomic E-state index is 13.1. The van der Waals surface area contributed by atoms with E-state index in [-0.39, 0.29) is 24.4 Å². The molecule has 7 heteroatoms. The van der Waals surface area contributed by atoms with Crippen molar-refractivity contribution in [1.82, 2.24) is 15.3 Å². The van der Waals surface area contributed by atoms with Crippen LogP contribution in [-0.4, -0.2) is 43.2 Å². The molecule has 0 saturated heterocycles. The molecule has 1 heterocycles. The lowest BCUT2D eigenvalue weighted by atomic mass is 9.53. The van der Waals surface area contributed by atoms with Gasteiger partial charge in [0, 0.05) is 17.5 Å². The van der Waals surface area contributed by atoms with Gasteiger partial charge in [0.15, 0.2) is 0 Å². The topological polar surface area (TPSA) is 82.6 Å². The van der Waals surface area contributed by atoms with Crippen molar-refractivity contribution in [3.05, 3.63) is 41.1 Å². The lowest BCUT2D eigenvalue weighted by molar-refractivity contribution is -0.124. The SMILES string of the molecule is COc1ccc([C@H]2C3CCCCC3[C@@H]2NC(=O)Cc2c(C)nc(OC)nc2OC)cc1. The fraction of sp³-hybridized carbons (Fsp3) is 0.542. The first kappa shape index (κ1) is 21.4. The number of benzene rings is 1. The Kier molecular flexibility index (Phi) is 6.30. The van der Waals surface area contributed by atoms with E-state index >= 15 is 0 Å². The van der Waals surface area contributed by atoms with Gasteiger partial charge in [0.05, 0.1) is 33.4 Å². The molecule has 0 bridgehead atoms. The monoisotopic (exact) mass is 425 g/mol. The largest absolute Gasteiger partial charge is 0.497 e.